The van der Waals surface area contributed by atoms with Crippen LogP contribution in [0.25, 0.3) is 0 Å². The Balaban J connectivity index is 1.49. The van der Waals surface area contributed by atoms with E-state index in [1.807, 2.05) is 0 Å². The van der Waals surface area contributed by atoms with Crippen molar-refractivity contribution in [1.29, 1.82) is 0 Å². The van der Waals surface area contributed by atoms with Crippen molar-refractivity contribution in [1.82, 2.24) is 15.3 Å². The minimum Gasteiger partial charge on any atom is -0.376 e. The van der Waals surface area contributed by atoms with Gasteiger partial charge in [0.1, 0.15) is 0 Å². The molecule has 1 aromatic rings. The molecule has 2 atom stereocenters. The summed E-state index contributed by atoms with van der Waals surface area (Å²) in [6.45, 7) is 5.07. The molecule has 1 saturated carbocycles. The van der Waals surface area contributed by atoms with Crippen molar-refractivity contribution >= 4 is 23.5 Å². The maximum absolute atomic E-state index is 12.4. The van der Waals surface area contributed by atoms with Crippen LogP contribution in [0.3, 0.4) is 0 Å². The second kappa shape index (κ2) is 8.81. The first-order valence-corrected chi connectivity index (χ1v) is 9.70. The van der Waals surface area contributed by atoms with Crippen molar-refractivity contribution in [2.45, 2.75) is 51.6 Å². The Bertz CT molecular complexity index is 592. The zero-order valence-electron chi connectivity index (χ0n) is 14.8. The Morgan fingerprint density at radius 2 is 2.08 bits per heavy atom. The van der Waals surface area contributed by atoms with E-state index in [9.17, 15) is 4.79 Å². The number of nitrogens with zero attached hydrogens (tertiary/aromatic N) is 3. The number of aromatic nitrogens is 2. The molecule has 25 heavy (non-hydrogen) atoms. The second-order valence-electron chi connectivity index (χ2n) is 6.99. The van der Waals surface area contributed by atoms with E-state index in [1.54, 1.807) is 0 Å². The van der Waals surface area contributed by atoms with Crippen molar-refractivity contribution in [3.05, 3.63) is 16.9 Å². The second-order valence-corrected chi connectivity index (χ2v) is 7.39. The van der Waals surface area contributed by atoms with Gasteiger partial charge in [0.05, 0.1) is 23.9 Å². The summed E-state index contributed by atoms with van der Waals surface area (Å²) in [7, 11) is 0. The lowest BCUT2D eigenvalue weighted by Crippen LogP contribution is -2.32. The highest BCUT2D eigenvalue weighted by Gasteiger charge is 2.22. The average Bonchev–Trinajstić information content (AvgIpc) is 3.15. The van der Waals surface area contributed by atoms with Gasteiger partial charge < -0.3 is 15.0 Å². The molecule has 6 nitrogen and oxygen atoms in total. The van der Waals surface area contributed by atoms with Crippen LogP contribution in [-0.2, 0) is 4.74 Å². The van der Waals surface area contributed by atoms with E-state index in [-0.39, 0.29) is 16.6 Å². The highest BCUT2D eigenvalue weighted by Crippen LogP contribution is 2.26. The summed E-state index contributed by atoms with van der Waals surface area (Å²) in [4.78, 5) is 23.1. The number of anilines is 1. The normalized spacial score (nSPS) is 23.7. The monoisotopic (exact) mass is 366 g/mol. The van der Waals surface area contributed by atoms with Crippen LogP contribution < -0.4 is 10.2 Å². The lowest BCUT2D eigenvalue weighted by Gasteiger charge is -2.28. The fourth-order valence-corrected chi connectivity index (χ4v) is 3.75. The van der Waals surface area contributed by atoms with Gasteiger partial charge >= 0.3 is 0 Å². The third kappa shape index (κ3) is 4.82. The summed E-state index contributed by atoms with van der Waals surface area (Å²) in [5.74, 6) is 0.913. The number of halogens is 1. The maximum atomic E-state index is 12.4. The first-order valence-electron chi connectivity index (χ1n) is 9.32. The van der Waals surface area contributed by atoms with E-state index in [1.165, 1.54) is 25.5 Å². The third-order valence-corrected chi connectivity index (χ3v) is 5.36. The first-order chi connectivity index (χ1) is 12.1. The zero-order valence-corrected chi connectivity index (χ0v) is 15.6. The molecule has 1 amide bonds. The van der Waals surface area contributed by atoms with Crippen LogP contribution in [0.4, 0.5) is 5.95 Å². The Labute approximate surface area is 154 Å². The fraction of sp³-hybridized carbons (Fsp3) is 0.722. The molecule has 2 fully saturated rings. The van der Waals surface area contributed by atoms with Crippen molar-refractivity contribution in [3.8, 4) is 0 Å². The molecule has 0 bridgehead atoms. The van der Waals surface area contributed by atoms with Gasteiger partial charge in [-0.15, -0.1) is 0 Å². The molecule has 1 saturated heterocycles. The molecule has 0 radical (unpaired) electrons. The van der Waals surface area contributed by atoms with Crippen molar-refractivity contribution in [2.24, 2.45) is 5.92 Å². The molecular formula is C18H27ClN4O2. The highest BCUT2D eigenvalue weighted by atomic mass is 35.5. The lowest BCUT2D eigenvalue weighted by atomic mass is 9.88. The SMILES string of the molecule is CC1CCCCC1OCCNC(=O)c1nc(N2CCCC2)ncc1Cl. The third-order valence-electron chi connectivity index (χ3n) is 5.09. The number of carbonyl (C=O) groups is 1. The number of hydrogen-bond donors (Lipinski definition) is 1. The Hall–Kier alpha value is -1.40. The van der Waals surface area contributed by atoms with E-state index in [2.05, 4.69) is 27.1 Å². The van der Waals surface area contributed by atoms with E-state index in [4.69, 9.17) is 16.3 Å². The van der Waals surface area contributed by atoms with E-state index in [0.717, 1.165) is 32.4 Å². The molecule has 1 N–H and O–H groups in total. The molecule has 0 spiro atoms. The molecule has 2 unspecified atom stereocenters. The number of rotatable bonds is 6. The van der Waals surface area contributed by atoms with Gasteiger partial charge in [-0.1, -0.05) is 31.4 Å². The van der Waals surface area contributed by atoms with Gasteiger partial charge in [0.25, 0.3) is 5.91 Å². The minimum atomic E-state index is -0.270. The van der Waals surface area contributed by atoms with Gasteiger partial charge in [-0.05, 0) is 31.6 Å². The molecule has 7 heteroatoms. The molecule has 1 aliphatic heterocycles. The topological polar surface area (TPSA) is 67.3 Å². The van der Waals surface area contributed by atoms with Gasteiger partial charge in [-0.25, -0.2) is 9.97 Å². The lowest BCUT2D eigenvalue weighted by molar-refractivity contribution is -0.00295. The molecule has 0 aromatic carbocycles. The van der Waals surface area contributed by atoms with Crippen LogP contribution >= 0.6 is 11.6 Å². The summed E-state index contributed by atoms with van der Waals surface area (Å²) in [6.07, 6.45) is 8.96. The largest absolute Gasteiger partial charge is 0.376 e. The molecule has 3 rings (SSSR count). The van der Waals surface area contributed by atoms with Crippen LogP contribution in [0.1, 0.15) is 55.9 Å². The quantitative estimate of drug-likeness (QED) is 0.784. The number of carbonyl (C=O) groups excluding carboxylic acids is 1. The van der Waals surface area contributed by atoms with Gasteiger partial charge in [0.15, 0.2) is 5.69 Å². The standard InChI is InChI=1S/C18H27ClN4O2/c1-13-6-2-3-7-15(13)25-11-8-20-17(24)16-14(19)12-21-18(22-16)23-9-4-5-10-23/h12-13,15H,2-11H2,1H3,(H,20,24). The fourth-order valence-electron chi connectivity index (χ4n) is 3.57. The maximum Gasteiger partial charge on any atom is 0.271 e. The zero-order chi connectivity index (χ0) is 17.6. The Morgan fingerprint density at radius 3 is 2.84 bits per heavy atom. The van der Waals surface area contributed by atoms with Crippen LogP contribution in [0.15, 0.2) is 6.20 Å². The molecule has 1 aliphatic carbocycles. The summed E-state index contributed by atoms with van der Waals surface area (Å²) < 4.78 is 5.93. The minimum absolute atomic E-state index is 0.240. The van der Waals surface area contributed by atoms with Crippen LogP contribution in [0.2, 0.25) is 5.02 Å². The Morgan fingerprint density at radius 1 is 1.32 bits per heavy atom. The number of amides is 1. The summed E-state index contributed by atoms with van der Waals surface area (Å²) in [5.41, 5.74) is 0.240. The first kappa shape index (κ1) is 18.4. The Kier molecular flexibility index (Phi) is 6.48. The number of hydrogen-bond acceptors (Lipinski definition) is 5. The van der Waals surface area contributed by atoms with Gasteiger partial charge in [0, 0.05) is 19.6 Å². The summed E-state index contributed by atoms with van der Waals surface area (Å²) in [5, 5.41) is 3.13. The van der Waals surface area contributed by atoms with Gasteiger partial charge in [-0.2, -0.15) is 0 Å². The predicted octanol–water partition coefficient (Wildman–Crippen LogP) is 3.06. The van der Waals surface area contributed by atoms with Crippen molar-refractivity contribution < 1.29 is 9.53 Å². The van der Waals surface area contributed by atoms with E-state index < -0.39 is 0 Å². The number of nitrogens with one attached hydrogen (secondary N) is 1. The van der Waals surface area contributed by atoms with Crippen LogP contribution in [0.5, 0.6) is 0 Å². The highest BCUT2D eigenvalue weighted by molar-refractivity contribution is 6.33. The smallest absolute Gasteiger partial charge is 0.271 e. The number of ether oxygens (including phenoxy) is 1. The van der Waals surface area contributed by atoms with E-state index in [0.29, 0.717) is 31.1 Å². The summed E-state index contributed by atoms with van der Waals surface area (Å²) >= 11 is 6.12. The molecule has 2 aliphatic rings. The van der Waals surface area contributed by atoms with Crippen molar-refractivity contribution in [2.75, 3.05) is 31.1 Å². The summed E-state index contributed by atoms with van der Waals surface area (Å²) in [6, 6.07) is 0. The van der Waals surface area contributed by atoms with E-state index >= 15 is 0 Å². The van der Waals surface area contributed by atoms with Crippen molar-refractivity contribution in [3.63, 3.8) is 0 Å². The van der Waals surface area contributed by atoms with Gasteiger partial charge in [-0.3, -0.25) is 4.79 Å². The molecule has 138 valence electrons. The van der Waals surface area contributed by atoms with Crippen LogP contribution in [0, 0.1) is 5.92 Å². The molecule has 2 heterocycles. The van der Waals surface area contributed by atoms with Gasteiger partial charge in [0.2, 0.25) is 5.95 Å². The van der Waals surface area contributed by atoms with Crippen LogP contribution in [-0.4, -0.2) is 48.2 Å². The average molecular weight is 367 g/mol. The molecule has 1 aromatic heterocycles. The molecular weight excluding hydrogens is 340 g/mol. The predicted molar refractivity (Wildman–Crippen MR) is 98.2 cm³/mol.